The summed E-state index contributed by atoms with van der Waals surface area (Å²) in [5.41, 5.74) is 0. The number of hydrogen-bond acceptors (Lipinski definition) is 0. The smallest absolute Gasteiger partial charge is 0 e. The van der Waals surface area contributed by atoms with E-state index in [9.17, 15) is 0 Å². The molecule has 0 fully saturated rings. The van der Waals surface area contributed by atoms with E-state index in [-0.39, 0.29) is 61.2 Å². The van der Waals surface area contributed by atoms with Gasteiger partial charge < -0.3 is 14.4 Å². The molecule has 0 aromatic heterocycles. The zero-order chi connectivity index (χ0) is 2.00. The fraction of sp³-hybridized carbons (Fsp3) is 0.333. The molecule has 0 rings (SSSR count). The molecule has 0 N–H and O–H groups in total. The van der Waals surface area contributed by atoms with Gasteiger partial charge in [-0.15, -0.1) is 0 Å². The van der Waals surface area contributed by atoms with E-state index in [1.807, 2.05) is 0 Å². The second-order valence-corrected chi connectivity index (χ2v) is 0. The molecule has 0 spiro atoms. The third-order valence-corrected chi connectivity index (χ3v) is 0. The van der Waals surface area contributed by atoms with Gasteiger partial charge in [0.15, 0.2) is 0 Å². The molecule has 0 unspecified atom stereocenters. The number of rotatable bonds is 0. The van der Waals surface area contributed by atoms with E-state index in [0.29, 0.717) is 0 Å². The van der Waals surface area contributed by atoms with Crippen LogP contribution < -0.4 is 0 Å². The van der Waals surface area contributed by atoms with Crippen LogP contribution in [0.2, 0.25) is 0 Å². The zero-order valence-electron chi connectivity index (χ0n) is 3.69. The topological polar surface area (TPSA) is 0 Å². The van der Waals surface area contributed by atoms with Crippen molar-refractivity contribution >= 4 is 0 Å². The Morgan fingerprint density at radius 3 is 1.20 bits per heavy atom. The molecule has 0 nitrogen and oxygen atoms in total. The Balaban J connectivity index is -0.00000000167. The van der Waals surface area contributed by atoms with Gasteiger partial charge in [0.1, 0.15) is 0 Å². The van der Waals surface area contributed by atoms with E-state index in [1.165, 1.54) is 0 Å². The van der Waals surface area contributed by atoms with Crippen LogP contribution in [0.15, 0.2) is 0 Å². The summed E-state index contributed by atoms with van der Waals surface area (Å²) in [5, 5.41) is 0. The van der Waals surface area contributed by atoms with Crippen LogP contribution in [-0.2, 0) is 53.8 Å². The monoisotopic (exact) mass is 317 g/mol. The van der Waals surface area contributed by atoms with Crippen molar-refractivity contribution in [3.63, 3.8) is 0 Å². The molecule has 0 atom stereocenters. The maximum Gasteiger partial charge on any atom is 0 e. The van der Waals surface area contributed by atoms with E-state index in [1.54, 1.807) is 6.92 Å². The van der Waals surface area contributed by atoms with Crippen LogP contribution in [0.25, 0.3) is 0 Å². The fourth-order valence-electron chi connectivity index (χ4n) is 0. The summed E-state index contributed by atoms with van der Waals surface area (Å²) < 4.78 is 0. The largest absolute Gasteiger partial charge is 0.358 e. The van der Waals surface area contributed by atoms with E-state index in [4.69, 9.17) is 0 Å². The van der Waals surface area contributed by atoms with Crippen LogP contribution in [0.5, 0.6) is 0 Å². The first-order valence-electron chi connectivity index (χ1n) is 0.707. The van der Waals surface area contributed by atoms with E-state index in [2.05, 4.69) is 6.92 Å². The summed E-state index contributed by atoms with van der Waals surface area (Å²) >= 11 is 0. The predicted octanol–water partition coefficient (Wildman–Crippen LogP) is 1.29. The van der Waals surface area contributed by atoms with Gasteiger partial charge in [-0.25, -0.2) is 0 Å². The van der Waals surface area contributed by atoms with E-state index in [0.717, 1.165) is 0 Å². The summed E-state index contributed by atoms with van der Waals surface area (Å²) in [6.07, 6.45) is 0. The summed E-state index contributed by atoms with van der Waals surface area (Å²) in [4.78, 5) is 0. The van der Waals surface area contributed by atoms with Crippen LogP contribution in [0, 0.1) is 14.4 Å². The van der Waals surface area contributed by atoms with Gasteiger partial charge in [0.05, 0.1) is 0 Å². The SMILES string of the molecule is [CH2-]C.[CH3-].[W].[Y]. The van der Waals surface area contributed by atoms with Crippen molar-refractivity contribution < 1.29 is 53.8 Å². The molecule has 0 saturated carbocycles. The normalized spacial score (nSPS) is 1.20. The van der Waals surface area contributed by atoms with Crippen LogP contribution in [0.1, 0.15) is 6.92 Å². The molecule has 0 bridgehead atoms. The molecule has 0 amide bonds. The fourth-order valence-corrected chi connectivity index (χ4v) is 0. The first-order valence-corrected chi connectivity index (χ1v) is 0.707. The maximum absolute atomic E-state index is 3.25. The van der Waals surface area contributed by atoms with Gasteiger partial charge in [-0.1, -0.05) is 0 Å². The Morgan fingerprint density at radius 1 is 1.20 bits per heavy atom. The molecular weight excluding hydrogens is 309 g/mol. The minimum absolute atomic E-state index is 0. The van der Waals surface area contributed by atoms with Crippen molar-refractivity contribution in [2.75, 3.05) is 0 Å². The van der Waals surface area contributed by atoms with Crippen LogP contribution in [0.4, 0.5) is 0 Å². The molecule has 5 heavy (non-hydrogen) atoms. The van der Waals surface area contributed by atoms with Crippen LogP contribution >= 0.6 is 0 Å². The molecule has 0 aliphatic carbocycles. The first-order chi connectivity index (χ1) is 1.00. The average molecular weight is 317 g/mol. The van der Waals surface area contributed by atoms with Gasteiger partial charge >= 0.3 is 0 Å². The molecule has 0 aliphatic rings. The third-order valence-electron chi connectivity index (χ3n) is 0. The second-order valence-electron chi connectivity index (χ2n) is 0. The van der Waals surface area contributed by atoms with Gasteiger partial charge in [0.25, 0.3) is 0 Å². The summed E-state index contributed by atoms with van der Waals surface area (Å²) in [6.45, 7) is 5.00. The molecule has 31 valence electrons. The summed E-state index contributed by atoms with van der Waals surface area (Å²) in [7, 11) is 0. The Bertz CT molecular complexity index is 6.85. The summed E-state index contributed by atoms with van der Waals surface area (Å²) in [6, 6.07) is 0. The Kier molecular flexibility index (Phi) is 242. The number of hydrogen-bond donors (Lipinski definition) is 0. The molecule has 0 aromatic carbocycles. The van der Waals surface area contributed by atoms with Gasteiger partial charge in [-0.2, -0.15) is 6.92 Å². The van der Waals surface area contributed by atoms with Crippen molar-refractivity contribution in [2.24, 2.45) is 0 Å². The minimum atomic E-state index is 0. The third kappa shape index (κ3) is 25.9. The standard InChI is InChI=1S/C2H5.CH3.W.Y/c1-2;;;/h1H2,2H3;1H3;;/q2*-1;;. The molecule has 1 radical (unpaired) electrons. The quantitative estimate of drug-likeness (QED) is 0.591. The molecule has 2 heteroatoms. The van der Waals surface area contributed by atoms with Gasteiger partial charge in [-0.3, -0.25) is 0 Å². The van der Waals surface area contributed by atoms with Crippen LogP contribution in [-0.4, -0.2) is 0 Å². The second kappa shape index (κ2) is 41.4. The van der Waals surface area contributed by atoms with E-state index >= 15 is 0 Å². The molecule has 0 heterocycles. The first kappa shape index (κ1) is 29.2. The van der Waals surface area contributed by atoms with Crippen molar-refractivity contribution in [2.45, 2.75) is 6.92 Å². The van der Waals surface area contributed by atoms with Gasteiger partial charge in [0.2, 0.25) is 0 Å². The Morgan fingerprint density at radius 2 is 1.20 bits per heavy atom. The van der Waals surface area contributed by atoms with Crippen molar-refractivity contribution in [1.29, 1.82) is 0 Å². The molecular formula is C3H8WY-2. The molecule has 0 saturated heterocycles. The maximum atomic E-state index is 3.25. The van der Waals surface area contributed by atoms with Crippen molar-refractivity contribution in [1.82, 2.24) is 0 Å². The van der Waals surface area contributed by atoms with Gasteiger partial charge in [-0.05, 0) is 0 Å². The van der Waals surface area contributed by atoms with Crippen molar-refractivity contribution in [3.8, 4) is 0 Å². The zero-order valence-corrected chi connectivity index (χ0v) is 9.46. The summed E-state index contributed by atoms with van der Waals surface area (Å²) in [5.74, 6) is 0. The predicted molar refractivity (Wildman–Crippen MR) is 17.4 cm³/mol. The van der Waals surface area contributed by atoms with E-state index < -0.39 is 0 Å². The molecule has 0 aliphatic heterocycles. The minimum Gasteiger partial charge on any atom is -0.358 e. The van der Waals surface area contributed by atoms with Gasteiger partial charge in [0, 0.05) is 53.8 Å². The van der Waals surface area contributed by atoms with Crippen LogP contribution in [0.3, 0.4) is 0 Å². The molecule has 0 aromatic rings. The Hall–Kier alpha value is 1.79. The Labute approximate surface area is 74.2 Å². The average Bonchev–Trinajstić information content (AvgIpc) is 1.00. The van der Waals surface area contributed by atoms with Crippen molar-refractivity contribution in [3.05, 3.63) is 14.4 Å².